The quantitative estimate of drug-likeness (QED) is 0.758. The van der Waals surface area contributed by atoms with Crippen molar-refractivity contribution in [3.05, 3.63) is 50.9 Å². The molecule has 102 valence electrons. The van der Waals surface area contributed by atoms with Crippen molar-refractivity contribution < 1.29 is 4.79 Å². The summed E-state index contributed by atoms with van der Waals surface area (Å²) in [5, 5.41) is 2.93. The van der Waals surface area contributed by atoms with E-state index in [0.29, 0.717) is 12.1 Å². The van der Waals surface area contributed by atoms with Gasteiger partial charge in [0.05, 0.1) is 21.1 Å². The van der Waals surface area contributed by atoms with Gasteiger partial charge in [0.25, 0.3) is 5.91 Å². The third kappa shape index (κ3) is 2.91. The number of thiophene rings is 1. The van der Waals surface area contributed by atoms with Gasteiger partial charge in [-0.15, -0.1) is 11.3 Å². The van der Waals surface area contributed by atoms with Gasteiger partial charge >= 0.3 is 0 Å². The van der Waals surface area contributed by atoms with Gasteiger partial charge in [-0.3, -0.25) is 4.79 Å². The lowest BCUT2D eigenvalue weighted by molar-refractivity contribution is 0.0954. The van der Waals surface area contributed by atoms with Gasteiger partial charge in [0, 0.05) is 17.0 Å². The fourth-order valence-corrected chi connectivity index (χ4v) is 3.45. The molecule has 0 fully saturated rings. The fraction of sp³-hybridized carbons (Fsp3) is 0.143. The number of aromatic nitrogens is 2. The Labute approximate surface area is 128 Å². The molecule has 0 atom stereocenters. The number of halogens is 1. The van der Waals surface area contributed by atoms with Crippen LogP contribution in [0, 0.1) is 0 Å². The summed E-state index contributed by atoms with van der Waals surface area (Å²) >= 11 is 5.12. The molecule has 2 aromatic heterocycles. The predicted molar refractivity (Wildman–Crippen MR) is 84.1 cm³/mol. The highest BCUT2D eigenvalue weighted by atomic mass is 79.9. The van der Waals surface area contributed by atoms with Gasteiger partial charge in [-0.2, -0.15) is 0 Å². The van der Waals surface area contributed by atoms with Crippen molar-refractivity contribution >= 4 is 44.2 Å². The molecule has 0 saturated carbocycles. The smallest absolute Gasteiger partial charge is 0.251 e. The second-order valence-corrected chi connectivity index (χ2v) is 6.89. The lowest BCUT2D eigenvalue weighted by Crippen LogP contribution is -2.25. The number of carbonyl (C=O) groups excluding carboxylic acids is 1. The van der Waals surface area contributed by atoms with Gasteiger partial charge in [0.1, 0.15) is 0 Å². The van der Waals surface area contributed by atoms with Crippen LogP contribution in [0.3, 0.4) is 0 Å². The molecule has 4 nitrogen and oxygen atoms in total. The van der Waals surface area contributed by atoms with E-state index in [1.807, 2.05) is 18.2 Å². The Bertz CT molecular complexity index is 750. The molecule has 0 radical (unpaired) electrons. The summed E-state index contributed by atoms with van der Waals surface area (Å²) in [7, 11) is 0. The summed E-state index contributed by atoms with van der Waals surface area (Å²) in [5.41, 5.74) is 2.39. The normalized spacial score (nSPS) is 10.8. The molecular weight excluding hydrogens is 338 g/mol. The van der Waals surface area contributed by atoms with E-state index in [1.54, 1.807) is 23.7 Å². The number of amides is 1. The van der Waals surface area contributed by atoms with Gasteiger partial charge in [-0.1, -0.05) is 0 Å². The Morgan fingerprint density at radius 2 is 2.25 bits per heavy atom. The van der Waals surface area contributed by atoms with Crippen LogP contribution >= 0.6 is 27.3 Å². The highest BCUT2D eigenvalue weighted by molar-refractivity contribution is 9.11. The largest absolute Gasteiger partial charge is 0.352 e. The van der Waals surface area contributed by atoms with Crippen molar-refractivity contribution in [3.63, 3.8) is 0 Å². The van der Waals surface area contributed by atoms with E-state index in [2.05, 4.69) is 37.3 Å². The van der Waals surface area contributed by atoms with Gasteiger partial charge in [-0.25, -0.2) is 4.98 Å². The van der Waals surface area contributed by atoms with Crippen molar-refractivity contribution in [2.75, 3.05) is 6.54 Å². The number of aromatic amines is 1. The first-order valence-electron chi connectivity index (χ1n) is 6.18. The van der Waals surface area contributed by atoms with Crippen LogP contribution in [0.5, 0.6) is 0 Å². The van der Waals surface area contributed by atoms with E-state index >= 15 is 0 Å². The van der Waals surface area contributed by atoms with Crippen LogP contribution in [0.4, 0.5) is 0 Å². The molecule has 0 aliphatic carbocycles. The number of imidazole rings is 1. The van der Waals surface area contributed by atoms with Crippen LogP contribution < -0.4 is 5.32 Å². The molecule has 0 bridgehead atoms. The number of rotatable bonds is 4. The minimum absolute atomic E-state index is 0.0582. The fourth-order valence-electron chi connectivity index (χ4n) is 1.96. The zero-order valence-corrected chi connectivity index (χ0v) is 12.9. The van der Waals surface area contributed by atoms with Crippen molar-refractivity contribution in [1.29, 1.82) is 0 Å². The highest BCUT2D eigenvalue weighted by Gasteiger charge is 2.07. The van der Waals surface area contributed by atoms with Gasteiger partial charge in [-0.05, 0) is 52.7 Å². The molecule has 3 aromatic rings. The van der Waals surface area contributed by atoms with Crippen molar-refractivity contribution in [1.82, 2.24) is 15.3 Å². The highest BCUT2D eigenvalue weighted by Crippen LogP contribution is 2.22. The summed E-state index contributed by atoms with van der Waals surface area (Å²) in [4.78, 5) is 20.4. The predicted octanol–water partition coefficient (Wildman–Crippen LogP) is 3.36. The monoisotopic (exact) mass is 349 g/mol. The Morgan fingerprint density at radius 1 is 1.35 bits per heavy atom. The van der Waals surface area contributed by atoms with E-state index in [0.717, 1.165) is 21.2 Å². The Balaban J connectivity index is 1.61. The number of hydrogen-bond donors (Lipinski definition) is 2. The molecule has 0 unspecified atom stereocenters. The molecule has 0 spiro atoms. The van der Waals surface area contributed by atoms with Crippen molar-refractivity contribution in [3.8, 4) is 0 Å². The van der Waals surface area contributed by atoms with Gasteiger partial charge in [0.15, 0.2) is 0 Å². The van der Waals surface area contributed by atoms with E-state index in [1.165, 1.54) is 4.88 Å². The molecule has 2 N–H and O–H groups in total. The van der Waals surface area contributed by atoms with Crippen molar-refractivity contribution in [2.24, 2.45) is 0 Å². The van der Waals surface area contributed by atoms with E-state index < -0.39 is 0 Å². The van der Waals surface area contributed by atoms with Crippen LogP contribution in [-0.2, 0) is 6.42 Å². The Hall–Kier alpha value is -1.66. The SMILES string of the molecule is O=C(NCCc1ccc(Br)s1)c1ccc2nc[nH]c2c1. The van der Waals surface area contributed by atoms with Crippen LogP contribution in [0.2, 0.25) is 0 Å². The third-order valence-electron chi connectivity index (χ3n) is 2.97. The van der Waals surface area contributed by atoms with Gasteiger partial charge < -0.3 is 10.3 Å². The lowest BCUT2D eigenvalue weighted by Gasteiger charge is -2.04. The number of hydrogen-bond acceptors (Lipinski definition) is 3. The van der Waals surface area contributed by atoms with Crippen LogP contribution in [-0.4, -0.2) is 22.4 Å². The maximum Gasteiger partial charge on any atom is 0.251 e. The average Bonchev–Trinajstić information content (AvgIpc) is 3.06. The molecule has 0 aliphatic heterocycles. The summed E-state index contributed by atoms with van der Waals surface area (Å²) in [5.74, 6) is -0.0582. The topological polar surface area (TPSA) is 57.8 Å². The Kier molecular flexibility index (Phi) is 3.84. The van der Waals surface area contributed by atoms with Crippen LogP contribution in [0.15, 0.2) is 40.4 Å². The number of nitrogens with zero attached hydrogens (tertiary/aromatic N) is 1. The number of H-pyrrole nitrogens is 1. The minimum Gasteiger partial charge on any atom is -0.352 e. The molecule has 1 aromatic carbocycles. The second kappa shape index (κ2) is 5.76. The summed E-state index contributed by atoms with van der Waals surface area (Å²) in [6, 6.07) is 9.54. The first-order valence-corrected chi connectivity index (χ1v) is 7.79. The Morgan fingerprint density at radius 3 is 3.05 bits per heavy atom. The molecule has 0 saturated heterocycles. The minimum atomic E-state index is -0.0582. The maximum atomic E-state index is 12.1. The molecule has 1 amide bonds. The molecule has 2 heterocycles. The molecule has 0 aliphatic rings. The lowest BCUT2D eigenvalue weighted by atomic mass is 10.2. The van der Waals surface area contributed by atoms with Crippen molar-refractivity contribution in [2.45, 2.75) is 6.42 Å². The second-order valence-electron chi connectivity index (χ2n) is 4.35. The van der Waals surface area contributed by atoms with Gasteiger partial charge in [0.2, 0.25) is 0 Å². The standard InChI is InChI=1S/C14H12BrN3OS/c15-13-4-2-10(20-13)5-6-16-14(19)9-1-3-11-12(7-9)18-8-17-11/h1-4,7-8H,5-6H2,(H,16,19)(H,17,18). The summed E-state index contributed by atoms with van der Waals surface area (Å²) < 4.78 is 1.11. The van der Waals surface area contributed by atoms with Crippen LogP contribution in [0.25, 0.3) is 11.0 Å². The third-order valence-corrected chi connectivity index (χ3v) is 4.65. The average molecular weight is 350 g/mol. The zero-order valence-electron chi connectivity index (χ0n) is 10.5. The molecule has 3 rings (SSSR count). The first kappa shape index (κ1) is 13.3. The molecule has 6 heteroatoms. The van der Waals surface area contributed by atoms with Crippen LogP contribution in [0.1, 0.15) is 15.2 Å². The van der Waals surface area contributed by atoms with E-state index in [4.69, 9.17) is 0 Å². The maximum absolute atomic E-state index is 12.1. The van der Waals surface area contributed by atoms with E-state index in [-0.39, 0.29) is 5.91 Å². The zero-order chi connectivity index (χ0) is 13.9. The molecule has 20 heavy (non-hydrogen) atoms. The summed E-state index contributed by atoms with van der Waals surface area (Å²) in [6.45, 7) is 0.632. The number of nitrogens with one attached hydrogen (secondary N) is 2. The number of carbonyl (C=O) groups is 1. The van der Waals surface area contributed by atoms with E-state index in [9.17, 15) is 4.79 Å². The number of fused-ring (bicyclic) bond motifs is 1. The summed E-state index contributed by atoms with van der Waals surface area (Å²) in [6.07, 6.45) is 2.47. The number of benzene rings is 1. The molecular formula is C14H12BrN3OS. The first-order chi connectivity index (χ1) is 9.72.